The molecule has 2 atom stereocenters. The lowest BCUT2D eigenvalue weighted by Gasteiger charge is -2.29. The van der Waals surface area contributed by atoms with E-state index in [1.807, 2.05) is 0 Å². The molecule has 1 aliphatic heterocycles. The number of benzene rings is 1. The summed E-state index contributed by atoms with van der Waals surface area (Å²) in [6.45, 7) is 5.06. The maximum Gasteiger partial charge on any atom is 0.122 e. The first kappa shape index (κ1) is 14.9. The summed E-state index contributed by atoms with van der Waals surface area (Å²) in [5.41, 5.74) is 1.42. The Kier molecular flexibility index (Phi) is 4.84. The van der Waals surface area contributed by atoms with Crippen LogP contribution >= 0.6 is 0 Å². The molecule has 2 aliphatic rings. The topological polar surface area (TPSA) is 21.8 Å². The van der Waals surface area contributed by atoms with E-state index in [9.17, 15) is 0 Å². The second-order valence-corrected chi connectivity index (χ2v) is 6.51. The van der Waals surface area contributed by atoms with Crippen molar-refractivity contribution in [2.45, 2.75) is 70.5 Å². The van der Waals surface area contributed by atoms with Gasteiger partial charge in [0.15, 0.2) is 0 Å². The van der Waals surface area contributed by atoms with Crippen molar-refractivity contribution in [1.29, 1.82) is 0 Å². The van der Waals surface area contributed by atoms with Gasteiger partial charge >= 0.3 is 0 Å². The Morgan fingerprint density at radius 3 is 2.57 bits per heavy atom. The molecule has 1 saturated carbocycles. The molecule has 2 nitrogen and oxygen atoms in total. The first-order chi connectivity index (χ1) is 10.3. The molecule has 0 radical (unpaired) electrons. The molecule has 1 saturated heterocycles. The van der Waals surface area contributed by atoms with Crippen LogP contribution in [0, 0.1) is 5.92 Å². The summed E-state index contributed by atoms with van der Waals surface area (Å²) in [7, 11) is 0. The number of hydrogen-bond acceptors (Lipinski definition) is 2. The quantitative estimate of drug-likeness (QED) is 0.692. The third-order valence-corrected chi connectivity index (χ3v) is 5.09. The molecule has 3 rings (SSSR count). The Bertz CT molecular complexity index is 449. The molecule has 2 fully saturated rings. The number of epoxide rings is 1. The van der Waals surface area contributed by atoms with Crippen LogP contribution in [0.5, 0.6) is 5.75 Å². The third kappa shape index (κ3) is 3.42. The van der Waals surface area contributed by atoms with Gasteiger partial charge in [-0.15, -0.1) is 0 Å². The van der Waals surface area contributed by atoms with Crippen molar-refractivity contribution < 1.29 is 9.47 Å². The average molecular weight is 288 g/mol. The molecule has 116 valence electrons. The number of para-hydroxylation sites is 1. The lowest BCUT2D eigenvalue weighted by molar-refractivity contribution is 0.245. The molecule has 21 heavy (non-hydrogen) atoms. The maximum atomic E-state index is 5.88. The van der Waals surface area contributed by atoms with E-state index < -0.39 is 0 Å². The van der Waals surface area contributed by atoms with E-state index in [1.165, 1.54) is 44.1 Å². The highest BCUT2D eigenvalue weighted by Crippen LogP contribution is 2.45. The van der Waals surface area contributed by atoms with Crippen molar-refractivity contribution in [2.24, 2.45) is 5.92 Å². The van der Waals surface area contributed by atoms with Crippen molar-refractivity contribution in [3.05, 3.63) is 29.8 Å². The zero-order valence-electron chi connectivity index (χ0n) is 13.4. The molecule has 0 bridgehead atoms. The predicted molar refractivity (Wildman–Crippen MR) is 85.9 cm³/mol. The molecule has 1 aromatic carbocycles. The first-order valence-corrected chi connectivity index (χ1v) is 8.70. The molecule has 1 heterocycles. The monoisotopic (exact) mass is 288 g/mol. The van der Waals surface area contributed by atoms with Gasteiger partial charge in [-0.2, -0.15) is 0 Å². The van der Waals surface area contributed by atoms with Gasteiger partial charge in [0.05, 0.1) is 18.8 Å². The van der Waals surface area contributed by atoms with Gasteiger partial charge in [0.25, 0.3) is 0 Å². The van der Waals surface area contributed by atoms with E-state index in [0.29, 0.717) is 18.1 Å². The summed E-state index contributed by atoms with van der Waals surface area (Å²) < 4.78 is 11.7. The number of hydrogen-bond donors (Lipinski definition) is 0. The van der Waals surface area contributed by atoms with E-state index in [4.69, 9.17) is 9.47 Å². The standard InChI is InChI=1S/C19H28O2/c1-3-7-18-19(21-18)15-12-10-14(11-13-15)16-8-5-6-9-17(16)20-4-2/h5-6,8-9,14-15,18-19H,3-4,7,10-13H2,1-2H3/t14?,15?,18-,19-/m0/s1. The fourth-order valence-corrected chi connectivity index (χ4v) is 3.95. The lowest BCUT2D eigenvalue weighted by Crippen LogP contribution is -2.19. The van der Waals surface area contributed by atoms with Gasteiger partial charge in [-0.1, -0.05) is 31.5 Å². The van der Waals surface area contributed by atoms with Crippen molar-refractivity contribution >= 4 is 0 Å². The maximum absolute atomic E-state index is 5.88. The minimum Gasteiger partial charge on any atom is -0.494 e. The summed E-state index contributed by atoms with van der Waals surface area (Å²) in [6, 6.07) is 8.59. The Morgan fingerprint density at radius 2 is 1.86 bits per heavy atom. The third-order valence-electron chi connectivity index (χ3n) is 5.09. The molecule has 0 N–H and O–H groups in total. The van der Waals surface area contributed by atoms with Crippen LogP contribution in [0.15, 0.2) is 24.3 Å². The van der Waals surface area contributed by atoms with Crippen molar-refractivity contribution in [3.8, 4) is 5.75 Å². The zero-order valence-corrected chi connectivity index (χ0v) is 13.4. The van der Waals surface area contributed by atoms with Crippen LogP contribution in [0.25, 0.3) is 0 Å². The van der Waals surface area contributed by atoms with Gasteiger partial charge in [-0.05, 0) is 62.5 Å². The summed E-state index contributed by atoms with van der Waals surface area (Å²) in [5, 5.41) is 0. The number of ether oxygens (including phenoxy) is 2. The van der Waals surface area contributed by atoms with Gasteiger partial charge in [0.1, 0.15) is 5.75 Å². The smallest absolute Gasteiger partial charge is 0.122 e. The summed E-state index contributed by atoms with van der Waals surface area (Å²) in [4.78, 5) is 0. The second-order valence-electron chi connectivity index (χ2n) is 6.51. The number of rotatable bonds is 6. The van der Waals surface area contributed by atoms with Gasteiger partial charge < -0.3 is 9.47 Å². The van der Waals surface area contributed by atoms with E-state index >= 15 is 0 Å². The van der Waals surface area contributed by atoms with E-state index in [2.05, 4.69) is 38.1 Å². The lowest BCUT2D eigenvalue weighted by atomic mass is 9.76. The van der Waals surface area contributed by atoms with Gasteiger partial charge in [0, 0.05) is 0 Å². The second kappa shape index (κ2) is 6.83. The minimum absolute atomic E-state index is 0.576. The highest BCUT2D eigenvalue weighted by atomic mass is 16.6. The van der Waals surface area contributed by atoms with Crippen LogP contribution in [-0.2, 0) is 4.74 Å². The Hall–Kier alpha value is -1.02. The van der Waals surface area contributed by atoms with Crippen LogP contribution in [0.4, 0.5) is 0 Å². The minimum atomic E-state index is 0.576. The van der Waals surface area contributed by atoms with Gasteiger partial charge in [-0.25, -0.2) is 0 Å². The van der Waals surface area contributed by atoms with Crippen molar-refractivity contribution in [2.75, 3.05) is 6.61 Å². The SMILES string of the molecule is CCC[C@@H]1O[C@H]1C1CCC(c2ccccc2OCC)CC1. The highest BCUT2D eigenvalue weighted by Gasteiger charge is 2.44. The Balaban J connectivity index is 1.56. The van der Waals surface area contributed by atoms with E-state index in [-0.39, 0.29) is 0 Å². The summed E-state index contributed by atoms with van der Waals surface area (Å²) in [5.74, 6) is 2.57. The van der Waals surface area contributed by atoms with Crippen LogP contribution in [0.2, 0.25) is 0 Å². The molecule has 0 aromatic heterocycles. The van der Waals surface area contributed by atoms with Crippen LogP contribution in [0.1, 0.15) is 63.9 Å². The van der Waals surface area contributed by atoms with Gasteiger partial charge in [-0.3, -0.25) is 0 Å². The summed E-state index contributed by atoms with van der Waals surface area (Å²) in [6.07, 6.45) is 8.85. The fraction of sp³-hybridized carbons (Fsp3) is 0.684. The van der Waals surface area contributed by atoms with Crippen molar-refractivity contribution in [1.82, 2.24) is 0 Å². The van der Waals surface area contributed by atoms with Crippen LogP contribution < -0.4 is 4.74 Å². The van der Waals surface area contributed by atoms with E-state index in [1.54, 1.807) is 0 Å². The predicted octanol–water partition coefficient (Wildman–Crippen LogP) is 4.93. The fourth-order valence-electron chi connectivity index (χ4n) is 3.95. The largest absolute Gasteiger partial charge is 0.494 e. The van der Waals surface area contributed by atoms with Crippen LogP contribution in [-0.4, -0.2) is 18.8 Å². The molecular formula is C19H28O2. The molecule has 0 unspecified atom stereocenters. The normalized spacial score (nSPS) is 31.9. The average Bonchev–Trinajstić information content (AvgIpc) is 3.28. The Morgan fingerprint density at radius 1 is 1.10 bits per heavy atom. The molecular weight excluding hydrogens is 260 g/mol. The zero-order chi connectivity index (χ0) is 14.7. The molecule has 1 aliphatic carbocycles. The summed E-state index contributed by atoms with van der Waals surface area (Å²) >= 11 is 0. The molecule has 2 heteroatoms. The van der Waals surface area contributed by atoms with Crippen molar-refractivity contribution in [3.63, 3.8) is 0 Å². The van der Waals surface area contributed by atoms with E-state index in [0.717, 1.165) is 18.3 Å². The molecule has 0 spiro atoms. The van der Waals surface area contributed by atoms with Gasteiger partial charge in [0.2, 0.25) is 0 Å². The highest BCUT2D eigenvalue weighted by molar-refractivity contribution is 5.36. The Labute approximate surface area is 128 Å². The van der Waals surface area contributed by atoms with Crippen LogP contribution in [0.3, 0.4) is 0 Å². The molecule has 1 aromatic rings. The molecule has 0 amide bonds. The first-order valence-electron chi connectivity index (χ1n) is 8.70.